The van der Waals surface area contributed by atoms with Gasteiger partial charge in [0.05, 0.1) is 11.7 Å². The minimum absolute atomic E-state index is 0.0229. The van der Waals surface area contributed by atoms with Crippen molar-refractivity contribution in [2.24, 2.45) is 0 Å². The summed E-state index contributed by atoms with van der Waals surface area (Å²) in [6.07, 6.45) is 1.74. The number of rotatable bonds is 4. The molecule has 5 nitrogen and oxygen atoms in total. The van der Waals surface area contributed by atoms with Gasteiger partial charge >= 0.3 is 0 Å². The van der Waals surface area contributed by atoms with E-state index in [1.54, 1.807) is 6.20 Å². The number of carbonyl (C=O) groups is 1. The molecule has 0 spiro atoms. The number of hydrogen-bond acceptors (Lipinski definition) is 3. The molecule has 0 atom stereocenters. The smallest absolute Gasteiger partial charge is 0.262 e. The van der Waals surface area contributed by atoms with Crippen LogP contribution in [0.25, 0.3) is 10.9 Å². The average molecular weight is 295 g/mol. The van der Waals surface area contributed by atoms with Crippen molar-refractivity contribution in [1.29, 1.82) is 0 Å². The highest BCUT2D eigenvalue weighted by molar-refractivity contribution is 5.94. The Morgan fingerprint density at radius 2 is 2.09 bits per heavy atom. The normalized spacial score (nSPS) is 10.6. The molecule has 0 bridgehead atoms. The Morgan fingerprint density at radius 3 is 2.91 bits per heavy atom. The predicted molar refractivity (Wildman–Crippen MR) is 86.1 cm³/mol. The summed E-state index contributed by atoms with van der Waals surface area (Å²) in [4.78, 5) is 12.0. The summed E-state index contributed by atoms with van der Waals surface area (Å²) < 4.78 is 5.57. The van der Waals surface area contributed by atoms with Crippen LogP contribution >= 0.6 is 0 Å². The van der Waals surface area contributed by atoms with Crippen molar-refractivity contribution in [3.8, 4) is 5.75 Å². The number of benzene rings is 2. The maximum atomic E-state index is 12.0. The van der Waals surface area contributed by atoms with Gasteiger partial charge in [-0.15, -0.1) is 0 Å². The molecule has 112 valence electrons. The van der Waals surface area contributed by atoms with Crippen molar-refractivity contribution in [3.05, 3.63) is 53.7 Å². The third-order valence-corrected chi connectivity index (χ3v) is 3.41. The van der Waals surface area contributed by atoms with E-state index < -0.39 is 0 Å². The minimum atomic E-state index is -0.196. The molecule has 0 unspecified atom stereocenters. The number of aromatic nitrogens is 2. The van der Waals surface area contributed by atoms with Crippen molar-refractivity contribution < 1.29 is 9.53 Å². The molecule has 0 radical (unpaired) electrons. The van der Waals surface area contributed by atoms with E-state index in [1.807, 2.05) is 50.2 Å². The van der Waals surface area contributed by atoms with E-state index in [-0.39, 0.29) is 12.5 Å². The molecular formula is C17H17N3O2. The monoisotopic (exact) mass is 295 g/mol. The highest BCUT2D eigenvalue weighted by Crippen LogP contribution is 2.19. The molecule has 5 heteroatoms. The van der Waals surface area contributed by atoms with Gasteiger partial charge in [0.1, 0.15) is 5.75 Å². The van der Waals surface area contributed by atoms with E-state index in [9.17, 15) is 4.79 Å². The quantitative estimate of drug-likeness (QED) is 0.776. The van der Waals surface area contributed by atoms with Crippen LogP contribution in [0.1, 0.15) is 11.1 Å². The molecule has 1 heterocycles. The lowest BCUT2D eigenvalue weighted by molar-refractivity contribution is -0.118. The zero-order valence-corrected chi connectivity index (χ0v) is 12.5. The van der Waals surface area contributed by atoms with Gasteiger partial charge in [0, 0.05) is 11.1 Å². The Morgan fingerprint density at radius 1 is 1.23 bits per heavy atom. The molecule has 0 saturated heterocycles. The first kappa shape index (κ1) is 14.1. The van der Waals surface area contributed by atoms with Crippen LogP contribution in [0.4, 0.5) is 5.69 Å². The summed E-state index contributed by atoms with van der Waals surface area (Å²) in [5.41, 5.74) is 3.79. The first-order valence-electron chi connectivity index (χ1n) is 7.05. The number of aromatic amines is 1. The topological polar surface area (TPSA) is 67.0 Å². The maximum Gasteiger partial charge on any atom is 0.262 e. The number of amides is 1. The first-order chi connectivity index (χ1) is 10.6. The van der Waals surface area contributed by atoms with Gasteiger partial charge in [-0.1, -0.05) is 17.7 Å². The molecule has 0 aliphatic heterocycles. The number of hydrogen-bond donors (Lipinski definition) is 2. The van der Waals surface area contributed by atoms with E-state index in [2.05, 4.69) is 15.5 Å². The molecule has 0 saturated carbocycles. The number of H-pyrrole nitrogens is 1. The molecule has 2 aromatic carbocycles. The average Bonchev–Trinajstić information content (AvgIpc) is 2.94. The van der Waals surface area contributed by atoms with Gasteiger partial charge in [0.2, 0.25) is 0 Å². The highest BCUT2D eigenvalue weighted by Gasteiger charge is 2.06. The number of nitrogens with one attached hydrogen (secondary N) is 2. The summed E-state index contributed by atoms with van der Waals surface area (Å²) >= 11 is 0. The standard InChI is InChI=1S/C17H17N3O2/c1-11-3-6-16(12(2)7-11)22-10-17(21)19-14-5-4-13-9-18-20-15(13)8-14/h3-9H,10H2,1-2H3,(H,18,20)(H,19,21). The number of carbonyl (C=O) groups excluding carboxylic acids is 1. The van der Waals surface area contributed by atoms with Gasteiger partial charge in [0.15, 0.2) is 6.61 Å². The molecular weight excluding hydrogens is 278 g/mol. The van der Waals surface area contributed by atoms with Gasteiger partial charge in [0.25, 0.3) is 5.91 Å². The predicted octanol–water partition coefficient (Wildman–Crippen LogP) is 3.20. The summed E-state index contributed by atoms with van der Waals surface area (Å²) in [7, 11) is 0. The molecule has 2 N–H and O–H groups in total. The molecule has 0 aliphatic rings. The van der Waals surface area contributed by atoms with E-state index in [4.69, 9.17) is 4.74 Å². The van der Waals surface area contributed by atoms with E-state index in [0.29, 0.717) is 5.69 Å². The van der Waals surface area contributed by atoms with Crippen molar-refractivity contribution in [1.82, 2.24) is 10.2 Å². The van der Waals surface area contributed by atoms with Gasteiger partial charge in [-0.3, -0.25) is 9.89 Å². The Bertz CT molecular complexity index is 824. The number of fused-ring (bicyclic) bond motifs is 1. The second-order valence-corrected chi connectivity index (χ2v) is 5.28. The Balaban J connectivity index is 1.62. The number of anilines is 1. The van der Waals surface area contributed by atoms with Crippen LogP contribution < -0.4 is 10.1 Å². The lowest BCUT2D eigenvalue weighted by Crippen LogP contribution is -2.20. The lowest BCUT2D eigenvalue weighted by Gasteiger charge is -2.10. The Kier molecular flexibility index (Phi) is 3.78. The number of nitrogens with zero attached hydrogens (tertiary/aromatic N) is 1. The lowest BCUT2D eigenvalue weighted by atomic mass is 10.1. The zero-order valence-electron chi connectivity index (χ0n) is 12.5. The third-order valence-electron chi connectivity index (χ3n) is 3.41. The van der Waals surface area contributed by atoms with Crippen LogP contribution in [0.2, 0.25) is 0 Å². The van der Waals surface area contributed by atoms with Gasteiger partial charge in [-0.2, -0.15) is 5.10 Å². The van der Waals surface area contributed by atoms with Crippen LogP contribution in [-0.4, -0.2) is 22.7 Å². The van der Waals surface area contributed by atoms with Crippen molar-refractivity contribution in [2.75, 3.05) is 11.9 Å². The van der Waals surface area contributed by atoms with Crippen molar-refractivity contribution in [2.45, 2.75) is 13.8 Å². The molecule has 3 aromatic rings. The summed E-state index contributed by atoms with van der Waals surface area (Å²) in [5, 5.41) is 10.6. The highest BCUT2D eigenvalue weighted by atomic mass is 16.5. The second-order valence-electron chi connectivity index (χ2n) is 5.28. The van der Waals surface area contributed by atoms with Crippen molar-refractivity contribution in [3.63, 3.8) is 0 Å². The fraction of sp³-hybridized carbons (Fsp3) is 0.176. The first-order valence-corrected chi connectivity index (χ1v) is 7.05. The molecule has 0 aliphatic carbocycles. The summed E-state index contributed by atoms with van der Waals surface area (Å²) in [5.74, 6) is 0.531. The molecule has 1 aromatic heterocycles. The number of ether oxygens (including phenoxy) is 1. The number of aryl methyl sites for hydroxylation is 2. The van der Waals surface area contributed by atoms with Gasteiger partial charge in [-0.05, 0) is 43.7 Å². The SMILES string of the molecule is Cc1ccc(OCC(=O)Nc2ccc3cn[nH]c3c2)c(C)c1. The zero-order chi connectivity index (χ0) is 15.5. The fourth-order valence-corrected chi connectivity index (χ4v) is 2.32. The van der Waals surface area contributed by atoms with E-state index >= 15 is 0 Å². The van der Waals surface area contributed by atoms with Crippen molar-refractivity contribution >= 4 is 22.5 Å². The van der Waals surface area contributed by atoms with Crippen LogP contribution in [0.5, 0.6) is 5.75 Å². The van der Waals surface area contributed by atoms with Gasteiger partial charge in [-0.25, -0.2) is 0 Å². The Hall–Kier alpha value is -2.82. The summed E-state index contributed by atoms with van der Waals surface area (Å²) in [6.45, 7) is 3.96. The van der Waals surface area contributed by atoms with E-state index in [0.717, 1.165) is 22.2 Å². The third kappa shape index (κ3) is 3.09. The maximum absolute atomic E-state index is 12.0. The Labute approximate surface area is 128 Å². The largest absolute Gasteiger partial charge is 0.483 e. The molecule has 1 amide bonds. The van der Waals surface area contributed by atoms with Gasteiger partial charge < -0.3 is 10.1 Å². The minimum Gasteiger partial charge on any atom is -0.483 e. The van der Waals surface area contributed by atoms with Crippen LogP contribution in [-0.2, 0) is 4.79 Å². The fourth-order valence-electron chi connectivity index (χ4n) is 2.32. The second kappa shape index (κ2) is 5.89. The molecule has 0 fully saturated rings. The van der Waals surface area contributed by atoms with Crippen LogP contribution in [0.15, 0.2) is 42.6 Å². The van der Waals surface area contributed by atoms with Crippen LogP contribution in [0.3, 0.4) is 0 Å². The molecule has 22 heavy (non-hydrogen) atoms. The molecule has 3 rings (SSSR count). The van der Waals surface area contributed by atoms with Crippen LogP contribution in [0, 0.1) is 13.8 Å². The summed E-state index contributed by atoms with van der Waals surface area (Å²) in [6, 6.07) is 11.5. The van der Waals surface area contributed by atoms with E-state index in [1.165, 1.54) is 5.56 Å².